The lowest BCUT2D eigenvalue weighted by atomic mass is 10.1. The number of rotatable bonds is 0. The van der Waals surface area contributed by atoms with Crippen LogP contribution in [0.25, 0.3) is 0 Å². The molecule has 1 atom stereocenters. The van der Waals surface area contributed by atoms with Crippen molar-refractivity contribution >= 4 is 22.6 Å². The van der Waals surface area contributed by atoms with Gasteiger partial charge in [-0.3, -0.25) is 0 Å². The van der Waals surface area contributed by atoms with Crippen LogP contribution in [0.2, 0.25) is 0 Å². The van der Waals surface area contributed by atoms with Crippen LogP contribution in [-0.4, -0.2) is 0 Å². The van der Waals surface area contributed by atoms with Gasteiger partial charge in [-0.2, -0.15) is 0 Å². The monoisotopic (exact) mass is 236 g/mol. The van der Waals surface area contributed by atoms with Crippen LogP contribution >= 0.6 is 22.6 Å². The molecule has 0 N–H and O–H groups in total. The fourth-order valence-corrected chi connectivity index (χ4v) is 2.33. The molecule has 0 amide bonds. The van der Waals surface area contributed by atoms with E-state index in [0.717, 1.165) is 5.92 Å². The molecule has 1 saturated carbocycles. The first-order chi connectivity index (χ1) is 4.22. The summed E-state index contributed by atoms with van der Waals surface area (Å²) < 4.78 is 1.53. The number of hydrogen-bond acceptors (Lipinski definition) is 0. The maximum atomic E-state index is 2.44. The molecule has 0 nitrogen and oxygen atoms in total. The van der Waals surface area contributed by atoms with Gasteiger partial charge in [0.05, 0.1) is 0 Å². The summed E-state index contributed by atoms with van der Waals surface area (Å²) in [6.07, 6.45) is 4.18. The van der Waals surface area contributed by atoms with Crippen molar-refractivity contribution in [3.63, 3.8) is 0 Å². The molecular weight excluding hydrogens is 223 g/mol. The van der Waals surface area contributed by atoms with E-state index in [0.29, 0.717) is 0 Å². The molecule has 0 saturated heterocycles. The van der Waals surface area contributed by atoms with E-state index in [2.05, 4.69) is 36.4 Å². The standard InChI is InChI=1S/C8H13I/c1-6-4-3-5-8(6)7(2)9/h6H,3-5H2,1-2H3/b8-7-. The van der Waals surface area contributed by atoms with Crippen molar-refractivity contribution in [1.29, 1.82) is 0 Å². The van der Waals surface area contributed by atoms with Crippen molar-refractivity contribution in [2.75, 3.05) is 0 Å². The minimum absolute atomic E-state index is 0.877. The molecule has 1 unspecified atom stereocenters. The molecule has 1 rings (SSSR count). The van der Waals surface area contributed by atoms with E-state index in [-0.39, 0.29) is 0 Å². The Morgan fingerprint density at radius 3 is 2.56 bits per heavy atom. The summed E-state index contributed by atoms with van der Waals surface area (Å²) in [5.41, 5.74) is 1.70. The van der Waals surface area contributed by atoms with E-state index in [9.17, 15) is 0 Å². The Balaban J connectivity index is 2.70. The molecule has 1 heteroatoms. The molecule has 0 aliphatic heterocycles. The summed E-state index contributed by atoms with van der Waals surface area (Å²) in [6.45, 7) is 4.56. The van der Waals surface area contributed by atoms with Crippen molar-refractivity contribution in [2.45, 2.75) is 33.1 Å². The molecule has 0 spiro atoms. The smallest absolute Gasteiger partial charge is 0.0130 e. The largest absolute Gasteiger partial charge is 0.0587 e. The molecule has 1 aliphatic carbocycles. The Bertz CT molecular complexity index is 132. The van der Waals surface area contributed by atoms with Crippen molar-refractivity contribution in [1.82, 2.24) is 0 Å². The van der Waals surface area contributed by atoms with E-state index in [1.54, 1.807) is 5.57 Å². The fraction of sp³-hybridized carbons (Fsp3) is 0.750. The predicted molar refractivity (Wildman–Crippen MR) is 49.7 cm³/mol. The van der Waals surface area contributed by atoms with Crippen molar-refractivity contribution in [3.8, 4) is 0 Å². The third-order valence-corrected chi connectivity index (χ3v) is 2.81. The van der Waals surface area contributed by atoms with Gasteiger partial charge < -0.3 is 0 Å². The Kier molecular flexibility index (Phi) is 2.56. The molecule has 0 aromatic rings. The second-order valence-electron chi connectivity index (χ2n) is 2.85. The first kappa shape index (κ1) is 7.58. The molecule has 52 valence electrons. The first-order valence-corrected chi connectivity index (χ1v) is 4.65. The van der Waals surface area contributed by atoms with Crippen LogP contribution in [0, 0.1) is 5.92 Å². The molecule has 9 heavy (non-hydrogen) atoms. The molecule has 0 bridgehead atoms. The average Bonchev–Trinajstić information content (AvgIpc) is 2.13. The van der Waals surface area contributed by atoms with Crippen LogP contribution in [0.15, 0.2) is 9.15 Å². The van der Waals surface area contributed by atoms with Gasteiger partial charge in [-0.1, -0.05) is 12.5 Å². The molecule has 1 fully saturated rings. The SMILES string of the molecule is C/C(I)=C1\CCCC1C. The minimum atomic E-state index is 0.877. The van der Waals surface area contributed by atoms with Gasteiger partial charge >= 0.3 is 0 Å². The van der Waals surface area contributed by atoms with E-state index < -0.39 is 0 Å². The van der Waals surface area contributed by atoms with Crippen LogP contribution in [0.4, 0.5) is 0 Å². The highest BCUT2D eigenvalue weighted by atomic mass is 127. The van der Waals surface area contributed by atoms with Crippen LogP contribution in [0.3, 0.4) is 0 Å². The van der Waals surface area contributed by atoms with Gasteiger partial charge in [0.25, 0.3) is 0 Å². The van der Waals surface area contributed by atoms with Crippen LogP contribution < -0.4 is 0 Å². The number of halogens is 1. The normalized spacial score (nSPS) is 33.0. The summed E-state index contributed by atoms with van der Waals surface area (Å²) in [5, 5.41) is 0. The Morgan fingerprint density at radius 2 is 2.33 bits per heavy atom. The molecule has 0 aromatic heterocycles. The van der Waals surface area contributed by atoms with E-state index in [1.807, 2.05) is 0 Å². The minimum Gasteiger partial charge on any atom is -0.0587 e. The highest BCUT2D eigenvalue weighted by Crippen LogP contribution is 2.34. The molecule has 0 heterocycles. The lowest BCUT2D eigenvalue weighted by Gasteiger charge is -2.04. The van der Waals surface area contributed by atoms with Gasteiger partial charge in [-0.15, -0.1) is 0 Å². The Morgan fingerprint density at radius 1 is 1.67 bits per heavy atom. The molecule has 0 radical (unpaired) electrons. The summed E-state index contributed by atoms with van der Waals surface area (Å²) in [7, 11) is 0. The summed E-state index contributed by atoms with van der Waals surface area (Å²) in [5.74, 6) is 0.877. The van der Waals surface area contributed by atoms with E-state index in [4.69, 9.17) is 0 Å². The zero-order valence-corrected chi connectivity index (χ0v) is 8.23. The zero-order valence-electron chi connectivity index (χ0n) is 6.08. The number of hydrogen-bond donors (Lipinski definition) is 0. The van der Waals surface area contributed by atoms with E-state index in [1.165, 1.54) is 22.8 Å². The second-order valence-corrected chi connectivity index (χ2v) is 4.47. The number of allylic oxidation sites excluding steroid dienone is 2. The van der Waals surface area contributed by atoms with Crippen LogP contribution in [-0.2, 0) is 0 Å². The summed E-state index contributed by atoms with van der Waals surface area (Å²) in [6, 6.07) is 0. The maximum Gasteiger partial charge on any atom is -0.0130 e. The quantitative estimate of drug-likeness (QED) is 0.564. The fourth-order valence-electron chi connectivity index (χ4n) is 1.53. The molecule has 0 aromatic carbocycles. The van der Waals surface area contributed by atoms with Crippen LogP contribution in [0.1, 0.15) is 33.1 Å². The average molecular weight is 236 g/mol. The van der Waals surface area contributed by atoms with Gasteiger partial charge in [0.15, 0.2) is 0 Å². The van der Waals surface area contributed by atoms with Crippen molar-refractivity contribution in [3.05, 3.63) is 9.15 Å². The topological polar surface area (TPSA) is 0 Å². The van der Waals surface area contributed by atoms with Crippen molar-refractivity contribution in [2.24, 2.45) is 5.92 Å². The van der Waals surface area contributed by atoms with Gasteiger partial charge in [-0.25, -0.2) is 0 Å². The lowest BCUT2D eigenvalue weighted by molar-refractivity contribution is 0.695. The lowest BCUT2D eigenvalue weighted by Crippen LogP contribution is -1.88. The maximum absolute atomic E-state index is 2.44. The molecule has 1 aliphatic rings. The summed E-state index contributed by atoms with van der Waals surface area (Å²) in [4.78, 5) is 0. The predicted octanol–water partition coefficient (Wildman–Crippen LogP) is 3.52. The van der Waals surface area contributed by atoms with Gasteiger partial charge in [0, 0.05) is 0 Å². The first-order valence-electron chi connectivity index (χ1n) is 3.57. The van der Waals surface area contributed by atoms with Crippen molar-refractivity contribution < 1.29 is 0 Å². The Hall–Kier alpha value is 0.470. The summed E-state index contributed by atoms with van der Waals surface area (Å²) >= 11 is 2.44. The van der Waals surface area contributed by atoms with Gasteiger partial charge in [-0.05, 0) is 58.3 Å². The highest BCUT2D eigenvalue weighted by molar-refractivity contribution is 14.1. The van der Waals surface area contributed by atoms with Crippen LogP contribution in [0.5, 0.6) is 0 Å². The van der Waals surface area contributed by atoms with E-state index >= 15 is 0 Å². The second kappa shape index (κ2) is 3.04. The third kappa shape index (κ3) is 1.69. The van der Waals surface area contributed by atoms with Gasteiger partial charge in [0.2, 0.25) is 0 Å². The molecular formula is C8H13I. The Labute approximate surface area is 70.9 Å². The van der Waals surface area contributed by atoms with Gasteiger partial charge in [0.1, 0.15) is 0 Å². The third-order valence-electron chi connectivity index (χ3n) is 2.12. The zero-order chi connectivity index (χ0) is 6.85. The highest BCUT2D eigenvalue weighted by Gasteiger charge is 2.16.